The maximum Gasteiger partial charge on any atom is 0.406 e. The van der Waals surface area contributed by atoms with Gasteiger partial charge in [-0.05, 0) is 60.1 Å². The molecule has 1 saturated heterocycles. The molecule has 14 heteroatoms. The van der Waals surface area contributed by atoms with Crippen molar-refractivity contribution < 1.29 is 29.0 Å². The van der Waals surface area contributed by atoms with Crippen LogP contribution >= 0.6 is 11.6 Å². The van der Waals surface area contributed by atoms with Crippen LogP contribution in [0.2, 0.25) is 5.02 Å². The van der Waals surface area contributed by atoms with E-state index >= 15 is 0 Å². The summed E-state index contributed by atoms with van der Waals surface area (Å²) in [6.45, 7) is 11.1. The van der Waals surface area contributed by atoms with Crippen LogP contribution in [0.4, 0.5) is 9.59 Å². The van der Waals surface area contributed by atoms with Crippen LogP contribution < -0.4 is 16.1 Å². The van der Waals surface area contributed by atoms with Crippen molar-refractivity contribution >= 4 is 35.5 Å². The van der Waals surface area contributed by atoms with E-state index in [1.54, 1.807) is 26.9 Å². The van der Waals surface area contributed by atoms with Gasteiger partial charge >= 0.3 is 12.1 Å². The number of amides is 5. The topological polar surface area (TPSA) is 156 Å². The lowest BCUT2D eigenvalue weighted by Gasteiger charge is -2.35. The number of halogens is 1. The first kappa shape index (κ1) is 43.0. The summed E-state index contributed by atoms with van der Waals surface area (Å²) in [5.74, 6) is -0.851. The third-order valence-electron chi connectivity index (χ3n) is 9.82. The highest BCUT2D eigenvalue weighted by atomic mass is 35.5. The van der Waals surface area contributed by atoms with Gasteiger partial charge in [-0.25, -0.2) is 14.6 Å². The van der Waals surface area contributed by atoms with Crippen LogP contribution in [0.3, 0.4) is 0 Å². The summed E-state index contributed by atoms with van der Waals surface area (Å²) in [6.07, 6.45) is -0.726. The molecule has 3 aromatic rings. The first-order valence-corrected chi connectivity index (χ1v) is 19.2. The van der Waals surface area contributed by atoms with Gasteiger partial charge in [-0.2, -0.15) is 0 Å². The number of pyridine rings is 1. The van der Waals surface area contributed by atoms with Crippen molar-refractivity contribution in [1.29, 1.82) is 0 Å². The normalized spacial score (nSPS) is 15.3. The molecule has 0 spiro atoms. The average molecular weight is 778 g/mol. The van der Waals surface area contributed by atoms with E-state index in [1.165, 1.54) is 7.11 Å². The third-order valence-corrected chi connectivity index (χ3v) is 10.1. The number of carbonyl (C=O) groups excluding carboxylic acids is 4. The van der Waals surface area contributed by atoms with E-state index in [4.69, 9.17) is 11.6 Å². The molecule has 1 fully saturated rings. The van der Waals surface area contributed by atoms with E-state index in [9.17, 15) is 24.3 Å². The number of hydrogen-bond acceptors (Lipinski definition) is 8. The number of urea groups is 1. The van der Waals surface area contributed by atoms with E-state index in [0.29, 0.717) is 37.5 Å². The van der Waals surface area contributed by atoms with Crippen LogP contribution in [0.1, 0.15) is 63.1 Å². The second-order valence-corrected chi connectivity index (χ2v) is 15.5. The molecular formula is C41H56ClN7O6. The molecule has 2 heterocycles. The van der Waals surface area contributed by atoms with Crippen LogP contribution in [0.5, 0.6) is 0 Å². The summed E-state index contributed by atoms with van der Waals surface area (Å²) >= 11 is 6.15. The molecule has 0 aliphatic carbocycles. The van der Waals surface area contributed by atoms with Gasteiger partial charge in [0, 0.05) is 49.9 Å². The van der Waals surface area contributed by atoms with Crippen LogP contribution in [0.25, 0.3) is 0 Å². The third kappa shape index (κ3) is 13.2. The van der Waals surface area contributed by atoms with Gasteiger partial charge in [0.1, 0.15) is 6.04 Å². The summed E-state index contributed by atoms with van der Waals surface area (Å²) < 4.78 is 4.67. The predicted molar refractivity (Wildman–Crippen MR) is 212 cm³/mol. The van der Waals surface area contributed by atoms with Crippen LogP contribution in [-0.4, -0.2) is 100 Å². The molecule has 55 heavy (non-hydrogen) atoms. The van der Waals surface area contributed by atoms with Gasteiger partial charge in [0.2, 0.25) is 11.8 Å². The number of nitrogens with one attached hydrogen (secondary N) is 3. The molecule has 4 unspecified atom stereocenters. The molecule has 0 radical (unpaired) electrons. The molecule has 4 N–H and O–H groups in total. The highest BCUT2D eigenvalue weighted by molar-refractivity contribution is 6.30. The highest BCUT2D eigenvalue weighted by Gasteiger charge is 2.41. The number of ether oxygens (including phenoxy) is 1. The molecule has 13 nitrogen and oxygen atoms in total. The van der Waals surface area contributed by atoms with Crippen LogP contribution in [0.15, 0.2) is 72.8 Å². The maximum absolute atomic E-state index is 14.4. The number of rotatable bonds is 19. The van der Waals surface area contributed by atoms with E-state index in [2.05, 4.69) is 25.8 Å². The SMILES string of the molecule is CCC(C)C(C(=O)NC(Cc1ccccc1)C(O)CN(Cc1ccc(Cl)cc1)NC(=O)CC(C)(C)CNC(=O)OC)N1CCN(Cc2cccc(C)n2)C1=O. The van der Waals surface area contributed by atoms with Crippen molar-refractivity contribution in [3.05, 3.63) is 100 Å². The largest absolute Gasteiger partial charge is 0.453 e. The lowest BCUT2D eigenvalue weighted by Crippen LogP contribution is -2.58. The van der Waals surface area contributed by atoms with Crippen LogP contribution in [0, 0.1) is 18.3 Å². The molecule has 4 rings (SSSR count). The molecule has 1 aliphatic rings. The second-order valence-electron chi connectivity index (χ2n) is 15.1. The Morgan fingerprint density at radius 1 is 1.02 bits per heavy atom. The number of methoxy groups -OCH3 is 1. The molecule has 0 saturated carbocycles. The molecule has 0 bridgehead atoms. The fraction of sp³-hybridized carbons (Fsp3) is 0.488. The van der Waals surface area contributed by atoms with Gasteiger partial charge < -0.3 is 30.3 Å². The molecule has 1 aromatic heterocycles. The Morgan fingerprint density at radius 2 is 1.73 bits per heavy atom. The average Bonchev–Trinajstić information content (AvgIpc) is 3.49. The second kappa shape index (κ2) is 20.3. The summed E-state index contributed by atoms with van der Waals surface area (Å²) in [4.78, 5) is 61.3. The van der Waals surface area contributed by atoms with E-state index in [-0.39, 0.29) is 49.8 Å². The van der Waals surface area contributed by atoms with Crippen molar-refractivity contribution in [2.45, 2.75) is 85.2 Å². The number of nitrogens with zero attached hydrogens (tertiary/aromatic N) is 4. The lowest BCUT2D eigenvalue weighted by atomic mass is 9.89. The number of aryl methyl sites for hydroxylation is 1. The number of hydrogen-bond donors (Lipinski definition) is 4. The minimum atomic E-state index is -1.15. The zero-order chi connectivity index (χ0) is 40.1. The number of aliphatic hydroxyl groups excluding tert-OH is 1. The smallest absolute Gasteiger partial charge is 0.406 e. The summed E-state index contributed by atoms with van der Waals surface area (Å²) in [5, 5.41) is 19.9. The predicted octanol–water partition coefficient (Wildman–Crippen LogP) is 5.09. The Bertz CT molecular complexity index is 1730. The molecular weight excluding hydrogens is 722 g/mol. The number of aliphatic hydroxyl groups is 1. The minimum absolute atomic E-state index is 0.0408. The quantitative estimate of drug-likeness (QED) is 0.123. The van der Waals surface area contributed by atoms with E-state index < -0.39 is 29.7 Å². The van der Waals surface area contributed by atoms with Crippen molar-refractivity contribution in [1.82, 2.24) is 35.9 Å². The van der Waals surface area contributed by atoms with Crippen molar-refractivity contribution in [3.8, 4) is 0 Å². The molecule has 4 atom stereocenters. The minimum Gasteiger partial charge on any atom is -0.453 e. The monoisotopic (exact) mass is 777 g/mol. The van der Waals surface area contributed by atoms with Crippen molar-refractivity contribution in [3.63, 3.8) is 0 Å². The van der Waals surface area contributed by atoms with Gasteiger partial charge in [0.25, 0.3) is 0 Å². The van der Waals surface area contributed by atoms with Gasteiger partial charge in [-0.3, -0.25) is 20.0 Å². The van der Waals surface area contributed by atoms with Crippen LogP contribution in [-0.2, 0) is 33.8 Å². The molecule has 1 aliphatic heterocycles. The highest BCUT2D eigenvalue weighted by Crippen LogP contribution is 2.24. The van der Waals surface area contributed by atoms with Gasteiger partial charge in [0.05, 0.1) is 31.5 Å². The number of alkyl carbamates (subject to hydrolysis) is 1. The first-order valence-electron chi connectivity index (χ1n) is 18.8. The Labute approximate surface area is 329 Å². The van der Waals surface area contributed by atoms with Gasteiger partial charge in [0.15, 0.2) is 0 Å². The Hall–Kier alpha value is -4.72. The number of carbonyl (C=O) groups is 4. The van der Waals surface area contributed by atoms with Crippen molar-refractivity contribution in [2.24, 2.45) is 11.3 Å². The molecule has 298 valence electrons. The Balaban J connectivity index is 1.55. The van der Waals surface area contributed by atoms with Gasteiger partial charge in [-0.15, -0.1) is 0 Å². The van der Waals surface area contributed by atoms with E-state index in [0.717, 1.165) is 22.5 Å². The van der Waals surface area contributed by atoms with E-state index in [1.807, 2.05) is 95.3 Å². The summed E-state index contributed by atoms with van der Waals surface area (Å²) in [7, 11) is 1.28. The fourth-order valence-corrected chi connectivity index (χ4v) is 6.77. The lowest BCUT2D eigenvalue weighted by molar-refractivity contribution is -0.131. The zero-order valence-corrected chi connectivity index (χ0v) is 33.5. The zero-order valence-electron chi connectivity index (χ0n) is 32.8. The number of benzene rings is 2. The number of aromatic nitrogens is 1. The van der Waals surface area contributed by atoms with Crippen molar-refractivity contribution in [2.75, 3.05) is 33.3 Å². The fourth-order valence-electron chi connectivity index (χ4n) is 6.65. The Morgan fingerprint density at radius 3 is 2.38 bits per heavy atom. The maximum atomic E-state index is 14.4. The standard InChI is InChI=1S/C41H56ClN7O6/c1-7-28(2)37(49-21-20-47(40(49)54)25-33-15-11-12-29(3)44-33)38(52)45-34(22-30-13-9-8-10-14-30)35(50)26-48(24-31-16-18-32(42)19-17-31)46-36(51)23-41(4,5)27-43-39(53)55-6/h8-19,28,34-35,37,50H,7,20-27H2,1-6H3,(H,43,53)(H,45,52)(H,46,51). The molecule has 5 amide bonds. The summed E-state index contributed by atoms with van der Waals surface area (Å²) in [6, 6.07) is 20.6. The summed E-state index contributed by atoms with van der Waals surface area (Å²) in [5.41, 5.74) is 5.71. The molecule has 2 aromatic carbocycles. The number of hydrazine groups is 1. The van der Waals surface area contributed by atoms with Gasteiger partial charge in [-0.1, -0.05) is 94.2 Å². The Kier molecular flexibility index (Phi) is 15.9. The first-order chi connectivity index (χ1) is 26.2.